The number of hydrogen-bond donors (Lipinski definition) is 6. The number of carbonyl (C=O) groups is 7. The molecule has 6 amide bonds. The first-order valence-electron chi connectivity index (χ1n) is 23.7. The van der Waals surface area contributed by atoms with Gasteiger partial charge in [0, 0.05) is 53.0 Å². The van der Waals surface area contributed by atoms with Crippen LogP contribution < -0.4 is 31.9 Å². The Labute approximate surface area is 469 Å². The Morgan fingerprint density at radius 2 is 1.44 bits per heavy atom. The maximum absolute atomic E-state index is 14.2. The Hall–Kier alpha value is -7.60. The minimum absolute atomic E-state index is 0.00440. The minimum Gasteiger partial charge on any atom is -0.455 e. The van der Waals surface area contributed by atoms with Crippen molar-refractivity contribution >= 4 is 116 Å². The highest BCUT2D eigenvalue weighted by molar-refractivity contribution is 7.15. The van der Waals surface area contributed by atoms with Gasteiger partial charge in [-0.1, -0.05) is 44.2 Å². The lowest BCUT2D eigenvalue weighted by Gasteiger charge is -2.26. The van der Waals surface area contributed by atoms with Crippen LogP contribution in [0.25, 0.3) is 43.4 Å². The second-order valence-electron chi connectivity index (χ2n) is 17.5. The van der Waals surface area contributed by atoms with E-state index < -0.39 is 66.3 Å². The highest BCUT2D eigenvalue weighted by Gasteiger charge is 2.34. The molecule has 0 radical (unpaired) electrons. The van der Waals surface area contributed by atoms with Crippen molar-refractivity contribution in [1.29, 1.82) is 0 Å². The molecule has 7 aromatic heterocycles. The lowest BCUT2D eigenvalue weighted by atomic mass is 10.0. The molecule has 28 heteroatoms. The maximum atomic E-state index is 14.2. The molecule has 78 heavy (non-hydrogen) atoms. The van der Waals surface area contributed by atoms with E-state index in [1.165, 1.54) is 77.8 Å². The van der Waals surface area contributed by atoms with E-state index in [0.717, 1.165) is 11.3 Å². The summed E-state index contributed by atoms with van der Waals surface area (Å²) in [4.78, 5) is 128. The third-order valence-electron chi connectivity index (χ3n) is 11.7. The fraction of sp³-hybridized carbons (Fsp3) is 0.280. The average Bonchev–Trinajstić information content (AvgIpc) is 4.30. The molecule has 0 aliphatic carbocycles. The summed E-state index contributed by atoms with van der Waals surface area (Å²) in [5.41, 5.74) is 2.86. The van der Waals surface area contributed by atoms with Crippen molar-refractivity contribution < 1.29 is 43.0 Å². The van der Waals surface area contributed by atoms with E-state index in [9.17, 15) is 33.6 Å². The summed E-state index contributed by atoms with van der Waals surface area (Å²) in [5, 5.41) is 26.0. The van der Waals surface area contributed by atoms with Gasteiger partial charge in [-0.05, 0) is 30.5 Å². The van der Waals surface area contributed by atoms with Crippen molar-refractivity contribution in [3.8, 4) is 43.4 Å². The fourth-order valence-corrected chi connectivity index (χ4v) is 13.5. The molecule has 4 atom stereocenters. The molecule has 8 aromatic rings. The van der Waals surface area contributed by atoms with Gasteiger partial charge >= 0.3 is 5.97 Å². The summed E-state index contributed by atoms with van der Waals surface area (Å²) >= 11 is 7.22. The molecule has 402 valence electrons. The van der Waals surface area contributed by atoms with Gasteiger partial charge in [-0.3, -0.25) is 33.6 Å². The van der Waals surface area contributed by atoms with Crippen molar-refractivity contribution in [2.45, 2.75) is 65.0 Å². The first kappa shape index (κ1) is 55.2. The Morgan fingerprint density at radius 3 is 2.18 bits per heavy atom. The average molecular weight is 1170 g/mol. The molecule has 1 aromatic carbocycles. The van der Waals surface area contributed by atoms with E-state index >= 15 is 0 Å². The predicted octanol–water partition coefficient (Wildman–Crippen LogP) is 7.45. The zero-order valence-electron chi connectivity index (χ0n) is 42.2. The Balaban J connectivity index is 1.15. The van der Waals surface area contributed by atoms with Gasteiger partial charge in [0.2, 0.25) is 18.2 Å². The van der Waals surface area contributed by atoms with Crippen LogP contribution in [0, 0.1) is 12.8 Å². The molecule has 9 rings (SSSR count). The van der Waals surface area contributed by atoms with Crippen LogP contribution in [0.3, 0.4) is 0 Å². The molecule has 0 saturated carbocycles. The number of hydrogen-bond acceptors (Lipinski definition) is 22. The van der Waals surface area contributed by atoms with Crippen molar-refractivity contribution in [2.75, 3.05) is 26.0 Å². The number of anilines is 1. The van der Waals surface area contributed by atoms with Crippen molar-refractivity contribution in [2.24, 2.45) is 5.92 Å². The van der Waals surface area contributed by atoms with E-state index in [1.54, 1.807) is 70.9 Å². The maximum Gasteiger partial charge on any atom is 0.303 e. The number of aromatic nitrogens is 7. The Morgan fingerprint density at radius 1 is 0.718 bits per heavy atom. The largest absolute Gasteiger partial charge is 0.455 e. The molecule has 6 N–H and O–H groups in total. The number of amides is 6. The highest BCUT2D eigenvalue weighted by atomic mass is 32.1. The van der Waals surface area contributed by atoms with Gasteiger partial charge in [0.15, 0.2) is 6.10 Å². The number of methoxy groups -OCH3 is 1. The molecule has 22 nitrogen and oxygen atoms in total. The van der Waals surface area contributed by atoms with E-state index in [-0.39, 0.29) is 36.0 Å². The van der Waals surface area contributed by atoms with E-state index in [4.69, 9.17) is 34.4 Å². The molecule has 0 spiro atoms. The summed E-state index contributed by atoms with van der Waals surface area (Å²) < 4.78 is 11.4. The number of nitrogens with one attached hydrogen (secondary N) is 6. The fourth-order valence-electron chi connectivity index (χ4n) is 8.01. The zero-order chi connectivity index (χ0) is 55.2. The van der Waals surface area contributed by atoms with E-state index in [0.29, 0.717) is 85.9 Å². The predicted molar refractivity (Wildman–Crippen MR) is 296 cm³/mol. The second kappa shape index (κ2) is 24.4. The third-order valence-corrected chi connectivity index (χ3v) is 17.4. The monoisotopic (exact) mass is 1170 g/mol. The highest BCUT2D eigenvalue weighted by Crippen LogP contribution is 2.41. The normalized spacial score (nSPS) is 16.5. The summed E-state index contributed by atoms with van der Waals surface area (Å²) in [5.74, 6) is -3.40. The molecule has 0 fully saturated rings. The number of aryl methyl sites for hydroxylation is 1. The summed E-state index contributed by atoms with van der Waals surface area (Å²) in [7, 11) is 2.94. The van der Waals surface area contributed by atoms with Crippen LogP contribution in [0.5, 0.6) is 0 Å². The molecular weight excluding hydrogens is 1120 g/mol. The van der Waals surface area contributed by atoms with Gasteiger partial charge in [0.1, 0.15) is 76.1 Å². The van der Waals surface area contributed by atoms with Crippen molar-refractivity contribution in [1.82, 2.24) is 61.5 Å². The number of thiazole rings is 6. The van der Waals surface area contributed by atoms with Crippen molar-refractivity contribution in [3.63, 3.8) is 0 Å². The van der Waals surface area contributed by atoms with Gasteiger partial charge < -0.3 is 41.4 Å². The number of carbonyl (C=O) groups excluding carboxylic acids is 7. The van der Waals surface area contributed by atoms with Gasteiger partial charge in [-0.15, -0.1) is 68.0 Å². The van der Waals surface area contributed by atoms with E-state index in [2.05, 4.69) is 41.9 Å². The minimum atomic E-state index is -1.06. The standard InChI is InChI=1S/C50H47N13O9S6/c1-22(2)36-50-63-39(32(78-50)16-71-6)43(69)52-15-35(67)60-40(41(72-24(4)65)25-10-8-7-9-11-25)49-58-31(19-75-49)47-56-29(17-74-47)38-26(12-13-27(54-38)46-59-33(20-76-46)53-21-64)45-57-30(18-73-45)42(68)55-28(14-34(66)51-5)48-62-37(23(3)77-48)44(70)61-36/h7-13,17-22,28,36,40-41H,14-16H2,1-6H3,(H,51,66)(H,52,69)(H,53,64)(H,55,68)(H,60,67)(H,61,70)/t28-,36-,40-,41-/m0/s1. The number of fused-ring (bicyclic) bond motifs is 14. The smallest absolute Gasteiger partial charge is 0.303 e. The SMILES string of the molecule is CNC(=O)C[C@@H]1NC(=O)c2csc(n2)-c2ccc(-c3nc(NC=O)cs3)nc2-c2csc(n2)-c2csc(n2)[C@H]([C@@H](OC(C)=O)c2ccccc2)NC(=O)CNC(=O)c2nc(sc2COC)[C@H](C(C)C)NC(=O)c2nc1sc2C. The van der Waals surface area contributed by atoms with E-state index in [1.807, 2.05) is 13.8 Å². The lowest BCUT2D eigenvalue weighted by Crippen LogP contribution is -2.41. The quantitative estimate of drug-likeness (QED) is 0.0541. The Kier molecular flexibility index (Phi) is 17.2. The van der Waals surface area contributed by atoms with Gasteiger partial charge in [-0.25, -0.2) is 34.9 Å². The topological polar surface area (TPSA) is 300 Å². The molecule has 0 unspecified atom stereocenters. The lowest BCUT2D eigenvalue weighted by molar-refractivity contribution is -0.149. The number of esters is 1. The van der Waals surface area contributed by atoms with Crippen LogP contribution in [0.15, 0.2) is 64.0 Å². The van der Waals surface area contributed by atoms with Crippen LogP contribution in [0.2, 0.25) is 0 Å². The molecule has 0 saturated heterocycles. The molecule has 1 aliphatic rings. The van der Waals surface area contributed by atoms with Crippen LogP contribution in [0.1, 0.15) is 113 Å². The van der Waals surface area contributed by atoms with Crippen LogP contribution in [-0.4, -0.2) is 97.5 Å². The number of pyridine rings is 1. The summed E-state index contributed by atoms with van der Waals surface area (Å²) in [6.07, 6.45) is -0.745. The third kappa shape index (κ3) is 12.4. The van der Waals surface area contributed by atoms with Crippen LogP contribution in [0.4, 0.5) is 5.82 Å². The van der Waals surface area contributed by atoms with Gasteiger partial charge in [-0.2, -0.15) is 0 Å². The van der Waals surface area contributed by atoms with Crippen LogP contribution >= 0.6 is 68.0 Å². The Bertz CT molecular complexity index is 3550. The number of rotatable bonds is 11. The number of ether oxygens (including phenoxy) is 2. The first-order chi connectivity index (χ1) is 37.6. The second-order valence-corrected chi connectivity index (χ2v) is 23.3. The van der Waals surface area contributed by atoms with Gasteiger partial charge in [0.25, 0.3) is 17.7 Å². The molecule has 8 heterocycles. The molecule has 1 aliphatic heterocycles. The molecule has 10 bridgehead atoms. The molecular formula is C50H47N13O9S6. The van der Waals surface area contributed by atoms with Crippen LogP contribution in [-0.2, 0) is 35.3 Å². The van der Waals surface area contributed by atoms with Crippen molar-refractivity contribution in [3.05, 3.63) is 111 Å². The zero-order valence-corrected chi connectivity index (χ0v) is 47.1. The number of benzene rings is 1. The number of nitrogens with zero attached hydrogens (tertiary/aromatic N) is 7. The van der Waals surface area contributed by atoms with Gasteiger partial charge in [0.05, 0.1) is 42.2 Å². The summed E-state index contributed by atoms with van der Waals surface area (Å²) in [6.45, 7) is 6.20. The first-order valence-corrected chi connectivity index (χ1v) is 28.9. The summed E-state index contributed by atoms with van der Waals surface area (Å²) in [6, 6.07) is 9.64.